The molecule has 0 aliphatic heterocycles. The number of hydrogen-bond acceptors (Lipinski definition) is 4. The van der Waals surface area contributed by atoms with Crippen LogP contribution in [0, 0.1) is 5.41 Å². The van der Waals surface area contributed by atoms with Crippen molar-refractivity contribution < 1.29 is 24.2 Å². The topological polar surface area (TPSA) is 87.1 Å². The minimum Gasteiger partial charge on any atom is -0.481 e. The van der Waals surface area contributed by atoms with Crippen LogP contribution in [0.5, 0.6) is 5.75 Å². The lowest BCUT2D eigenvalue weighted by Crippen LogP contribution is -2.34. The van der Waals surface area contributed by atoms with Gasteiger partial charge in [-0.3, -0.25) is 14.5 Å². The van der Waals surface area contributed by atoms with E-state index < -0.39 is 17.5 Å². The largest absolute Gasteiger partial charge is 0.481 e. The molecule has 0 saturated heterocycles. The van der Waals surface area contributed by atoms with E-state index in [0.29, 0.717) is 23.7 Å². The van der Waals surface area contributed by atoms with Gasteiger partial charge >= 0.3 is 12.1 Å². The van der Waals surface area contributed by atoms with E-state index in [1.165, 1.54) is 4.90 Å². The molecule has 7 heteroatoms. The maximum atomic E-state index is 12.7. The van der Waals surface area contributed by atoms with E-state index in [9.17, 15) is 14.4 Å². The van der Waals surface area contributed by atoms with Gasteiger partial charge in [0.1, 0.15) is 5.75 Å². The Bertz CT molecular complexity index is 878. The molecule has 160 valence electrons. The number of carboxylic acids is 1. The van der Waals surface area contributed by atoms with Crippen LogP contribution in [0.3, 0.4) is 0 Å². The number of rotatable bonds is 8. The van der Waals surface area contributed by atoms with Crippen LogP contribution >= 0.6 is 0 Å². The SMILES string of the molecule is CCN(C(=O)CC(C)(C)CC(=O)O)c1ccc(OC(=O)N(C)c2ccccc2)cc1. The van der Waals surface area contributed by atoms with Crippen molar-refractivity contribution >= 4 is 29.3 Å². The Kier molecular flexibility index (Phi) is 7.58. The molecule has 0 fully saturated rings. The van der Waals surface area contributed by atoms with Crippen LogP contribution in [0.1, 0.15) is 33.6 Å². The number of anilines is 2. The number of para-hydroxylation sites is 1. The molecule has 0 aromatic heterocycles. The molecule has 0 saturated carbocycles. The Morgan fingerprint density at radius 3 is 2.07 bits per heavy atom. The fourth-order valence-corrected chi connectivity index (χ4v) is 3.10. The highest BCUT2D eigenvalue weighted by molar-refractivity contribution is 5.94. The minimum absolute atomic E-state index is 0.0832. The normalized spacial score (nSPS) is 10.9. The number of nitrogens with zero attached hydrogens (tertiary/aromatic N) is 2. The van der Waals surface area contributed by atoms with E-state index in [0.717, 1.165) is 0 Å². The molecule has 0 aliphatic rings. The smallest absolute Gasteiger partial charge is 0.419 e. The first kappa shape index (κ1) is 22.9. The molecule has 0 spiro atoms. The van der Waals surface area contributed by atoms with Crippen LogP contribution in [0.2, 0.25) is 0 Å². The van der Waals surface area contributed by atoms with Gasteiger partial charge in [0.15, 0.2) is 0 Å². The zero-order chi connectivity index (χ0) is 22.3. The van der Waals surface area contributed by atoms with Crippen molar-refractivity contribution in [2.24, 2.45) is 5.41 Å². The summed E-state index contributed by atoms with van der Waals surface area (Å²) >= 11 is 0. The quantitative estimate of drug-likeness (QED) is 0.686. The molecule has 2 amide bonds. The molecule has 2 rings (SSSR count). The maximum absolute atomic E-state index is 12.7. The second kappa shape index (κ2) is 9.91. The highest BCUT2D eigenvalue weighted by Crippen LogP contribution is 2.28. The average molecular weight is 412 g/mol. The van der Waals surface area contributed by atoms with Gasteiger partial charge in [0.2, 0.25) is 5.91 Å². The third-order valence-corrected chi connectivity index (χ3v) is 4.65. The number of ether oxygens (including phenoxy) is 1. The highest BCUT2D eigenvalue weighted by atomic mass is 16.6. The van der Waals surface area contributed by atoms with E-state index in [-0.39, 0.29) is 18.7 Å². The molecular formula is C23H28N2O5. The second-order valence-electron chi connectivity index (χ2n) is 7.81. The number of carboxylic acid groups (broad SMARTS) is 1. The number of carbonyl (C=O) groups is 3. The third-order valence-electron chi connectivity index (χ3n) is 4.65. The van der Waals surface area contributed by atoms with Gasteiger partial charge in [0.05, 0.1) is 6.42 Å². The molecule has 0 aliphatic carbocycles. The Hall–Kier alpha value is -3.35. The minimum atomic E-state index is -0.928. The maximum Gasteiger partial charge on any atom is 0.419 e. The fourth-order valence-electron chi connectivity index (χ4n) is 3.10. The predicted octanol–water partition coefficient (Wildman–Crippen LogP) is 4.57. The van der Waals surface area contributed by atoms with Crippen LogP contribution < -0.4 is 14.5 Å². The first-order chi connectivity index (χ1) is 14.1. The van der Waals surface area contributed by atoms with Gasteiger partial charge in [-0.2, -0.15) is 0 Å². The number of carbonyl (C=O) groups excluding carboxylic acids is 2. The summed E-state index contributed by atoms with van der Waals surface area (Å²) in [6.45, 7) is 5.82. The molecule has 0 atom stereocenters. The first-order valence-electron chi connectivity index (χ1n) is 9.76. The monoisotopic (exact) mass is 412 g/mol. The Balaban J connectivity index is 2.05. The summed E-state index contributed by atoms with van der Waals surface area (Å²) in [6.07, 6.45) is -0.487. The molecule has 2 aromatic carbocycles. The lowest BCUT2D eigenvalue weighted by molar-refractivity contribution is -0.139. The fraction of sp³-hybridized carbons (Fsp3) is 0.348. The lowest BCUT2D eigenvalue weighted by atomic mass is 9.85. The molecule has 30 heavy (non-hydrogen) atoms. The molecule has 7 nitrogen and oxygen atoms in total. The molecule has 0 bridgehead atoms. The van der Waals surface area contributed by atoms with Gasteiger partial charge in [-0.1, -0.05) is 32.0 Å². The van der Waals surface area contributed by atoms with Crippen molar-refractivity contribution in [1.82, 2.24) is 0 Å². The van der Waals surface area contributed by atoms with Gasteiger partial charge < -0.3 is 14.7 Å². The van der Waals surface area contributed by atoms with E-state index in [1.54, 1.807) is 62.2 Å². The van der Waals surface area contributed by atoms with Gasteiger partial charge in [-0.15, -0.1) is 0 Å². The van der Waals surface area contributed by atoms with Crippen molar-refractivity contribution in [2.75, 3.05) is 23.4 Å². The van der Waals surface area contributed by atoms with Gasteiger partial charge in [0.25, 0.3) is 0 Å². The second-order valence-corrected chi connectivity index (χ2v) is 7.81. The van der Waals surface area contributed by atoms with Gasteiger partial charge in [0, 0.05) is 31.4 Å². The molecule has 0 heterocycles. The first-order valence-corrected chi connectivity index (χ1v) is 9.76. The summed E-state index contributed by atoms with van der Waals surface area (Å²) in [5.74, 6) is -0.721. The zero-order valence-electron chi connectivity index (χ0n) is 17.8. The average Bonchev–Trinajstić information content (AvgIpc) is 2.68. The number of hydrogen-bond donors (Lipinski definition) is 1. The van der Waals surface area contributed by atoms with Gasteiger partial charge in [-0.05, 0) is 48.7 Å². The standard InChI is InChI=1S/C23H28N2O5/c1-5-25(20(26)15-23(2,3)16-21(27)28)18-11-13-19(14-12-18)30-22(29)24(4)17-9-7-6-8-10-17/h6-14H,5,15-16H2,1-4H3,(H,27,28). The molecule has 0 radical (unpaired) electrons. The third kappa shape index (κ3) is 6.34. The van der Waals surface area contributed by atoms with Crippen LogP contribution in [-0.4, -0.2) is 36.7 Å². The summed E-state index contributed by atoms with van der Waals surface area (Å²) in [5.41, 5.74) is 0.726. The lowest BCUT2D eigenvalue weighted by Gasteiger charge is -2.27. The number of benzene rings is 2. The van der Waals surface area contributed by atoms with Gasteiger partial charge in [-0.25, -0.2) is 4.79 Å². The van der Waals surface area contributed by atoms with Crippen LogP contribution in [0.15, 0.2) is 54.6 Å². The number of aliphatic carboxylic acids is 1. The van der Waals surface area contributed by atoms with E-state index in [1.807, 2.05) is 25.1 Å². The summed E-state index contributed by atoms with van der Waals surface area (Å²) in [7, 11) is 1.63. The van der Waals surface area contributed by atoms with Crippen LogP contribution in [-0.2, 0) is 9.59 Å². The van der Waals surface area contributed by atoms with E-state index in [4.69, 9.17) is 9.84 Å². The number of amides is 2. The Morgan fingerprint density at radius 1 is 0.933 bits per heavy atom. The summed E-state index contributed by atoms with van der Waals surface area (Å²) in [5, 5.41) is 9.02. The van der Waals surface area contributed by atoms with E-state index in [2.05, 4.69) is 0 Å². The van der Waals surface area contributed by atoms with Crippen molar-refractivity contribution in [1.29, 1.82) is 0 Å². The predicted molar refractivity (Wildman–Crippen MR) is 116 cm³/mol. The highest BCUT2D eigenvalue weighted by Gasteiger charge is 2.28. The van der Waals surface area contributed by atoms with Crippen molar-refractivity contribution in [2.45, 2.75) is 33.6 Å². The van der Waals surface area contributed by atoms with E-state index >= 15 is 0 Å². The van der Waals surface area contributed by atoms with Crippen molar-refractivity contribution in [3.8, 4) is 5.75 Å². The summed E-state index contributed by atoms with van der Waals surface area (Å²) in [4.78, 5) is 39.0. The van der Waals surface area contributed by atoms with Crippen LogP contribution in [0.4, 0.5) is 16.2 Å². The summed E-state index contributed by atoms with van der Waals surface area (Å²) in [6, 6.07) is 15.8. The van der Waals surface area contributed by atoms with Crippen molar-refractivity contribution in [3.63, 3.8) is 0 Å². The van der Waals surface area contributed by atoms with Crippen LogP contribution in [0.25, 0.3) is 0 Å². The summed E-state index contributed by atoms with van der Waals surface area (Å²) < 4.78 is 5.40. The molecule has 0 unspecified atom stereocenters. The molecule has 2 aromatic rings. The zero-order valence-corrected chi connectivity index (χ0v) is 17.8. The molecule has 1 N–H and O–H groups in total. The Morgan fingerprint density at radius 2 is 1.53 bits per heavy atom. The Labute approximate surface area is 176 Å². The molecular weight excluding hydrogens is 384 g/mol. The van der Waals surface area contributed by atoms with Crippen molar-refractivity contribution in [3.05, 3.63) is 54.6 Å².